The molecule has 0 aliphatic heterocycles. The SMILES string of the molecule is Cc1cc(C)cc(CSc2nnc(-c3ccc(Cl)cc3)n2C)c1. The monoisotopic (exact) mass is 343 g/mol. The number of aromatic nitrogens is 3. The Bertz CT molecular complexity index is 805. The summed E-state index contributed by atoms with van der Waals surface area (Å²) in [6.07, 6.45) is 0. The number of rotatable bonds is 4. The van der Waals surface area contributed by atoms with Crippen LogP contribution in [0.4, 0.5) is 0 Å². The summed E-state index contributed by atoms with van der Waals surface area (Å²) in [4.78, 5) is 0. The van der Waals surface area contributed by atoms with Crippen LogP contribution in [-0.2, 0) is 12.8 Å². The predicted molar refractivity (Wildman–Crippen MR) is 96.9 cm³/mol. The lowest BCUT2D eigenvalue weighted by molar-refractivity contribution is 0.794. The van der Waals surface area contributed by atoms with E-state index in [1.807, 2.05) is 35.9 Å². The lowest BCUT2D eigenvalue weighted by Gasteiger charge is -2.06. The molecule has 2 aromatic carbocycles. The van der Waals surface area contributed by atoms with Gasteiger partial charge in [-0.15, -0.1) is 10.2 Å². The van der Waals surface area contributed by atoms with E-state index in [4.69, 9.17) is 11.6 Å². The van der Waals surface area contributed by atoms with Gasteiger partial charge in [0, 0.05) is 23.4 Å². The molecule has 0 saturated carbocycles. The lowest BCUT2D eigenvalue weighted by atomic mass is 10.1. The fourth-order valence-electron chi connectivity index (χ4n) is 2.59. The highest BCUT2D eigenvalue weighted by Gasteiger charge is 2.11. The van der Waals surface area contributed by atoms with Gasteiger partial charge in [-0.2, -0.15) is 0 Å². The Morgan fingerprint density at radius 2 is 1.65 bits per heavy atom. The van der Waals surface area contributed by atoms with Crippen molar-refractivity contribution >= 4 is 23.4 Å². The summed E-state index contributed by atoms with van der Waals surface area (Å²) in [6.45, 7) is 4.25. The van der Waals surface area contributed by atoms with Crippen LogP contribution in [0.5, 0.6) is 0 Å². The maximum atomic E-state index is 5.94. The minimum Gasteiger partial charge on any atom is -0.305 e. The van der Waals surface area contributed by atoms with Crippen molar-refractivity contribution < 1.29 is 0 Å². The molecule has 23 heavy (non-hydrogen) atoms. The van der Waals surface area contributed by atoms with Crippen LogP contribution in [0.1, 0.15) is 16.7 Å². The zero-order chi connectivity index (χ0) is 16.4. The van der Waals surface area contributed by atoms with Crippen LogP contribution in [0.3, 0.4) is 0 Å². The maximum Gasteiger partial charge on any atom is 0.191 e. The summed E-state index contributed by atoms with van der Waals surface area (Å²) >= 11 is 7.64. The molecule has 0 aliphatic carbocycles. The molecule has 0 unspecified atom stereocenters. The average Bonchev–Trinajstić information content (AvgIpc) is 2.86. The van der Waals surface area contributed by atoms with E-state index in [0.29, 0.717) is 0 Å². The van der Waals surface area contributed by atoms with Gasteiger partial charge in [0.25, 0.3) is 0 Å². The predicted octanol–water partition coefficient (Wildman–Crippen LogP) is 5.04. The quantitative estimate of drug-likeness (QED) is 0.621. The maximum absolute atomic E-state index is 5.94. The van der Waals surface area contributed by atoms with Gasteiger partial charge in [0.15, 0.2) is 11.0 Å². The standard InChI is InChI=1S/C18H18ClN3S/c1-12-8-13(2)10-14(9-12)11-23-18-21-20-17(22(18)3)15-4-6-16(19)7-5-15/h4-10H,11H2,1-3H3. The van der Waals surface area contributed by atoms with Crippen LogP contribution in [0.25, 0.3) is 11.4 Å². The smallest absolute Gasteiger partial charge is 0.191 e. The highest BCUT2D eigenvalue weighted by molar-refractivity contribution is 7.98. The molecule has 0 fully saturated rings. The van der Waals surface area contributed by atoms with E-state index in [0.717, 1.165) is 27.3 Å². The number of hydrogen-bond acceptors (Lipinski definition) is 3. The van der Waals surface area contributed by atoms with Crippen LogP contribution in [0, 0.1) is 13.8 Å². The molecule has 1 heterocycles. The molecule has 1 aromatic heterocycles. The van der Waals surface area contributed by atoms with E-state index >= 15 is 0 Å². The Balaban J connectivity index is 1.78. The lowest BCUT2D eigenvalue weighted by Crippen LogP contribution is -1.95. The van der Waals surface area contributed by atoms with Crippen molar-refractivity contribution in [2.45, 2.75) is 24.8 Å². The second-order valence-corrected chi connectivity index (χ2v) is 7.04. The Kier molecular flexibility index (Phi) is 4.74. The number of hydrogen-bond donors (Lipinski definition) is 0. The molecule has 0 saturated heterocycles. The summed E-state index contributed by atoms with van der Waals surface area (Å²) in [5, 5.41) is 10.3. The second-order valence-electron chi connectivity index (χ2n) is 5.66. The van der Waals surface area contributed by atoms with Crippen molar-refractivity contribution in [2.24, 2.45) is 7.05 Å². The summed E-state index contributed by atoms with van der Waals surface area (Å²) in [6, 6.07) is 14.3. The van der Waals surface area contributed by atoms with Crippen molar-refractivity contribution in [3.8, 4) is 11.4 Å². The third-order valence-corrected chi connectivity index (χ3v) is 4.93. The van der Waals surface area contributed by atoms with Crippen LogP contribution < -0.4 is 0 Å². The number of benzene rings is 2. The third-order valence-electron chi connectivity index (χ3n) is 3.59. The van der Waals surface area contributed by atoms with E-state index < -0.39 is 0 Å². The van der Waals surface area contributed by atoms with Crippen molar-refractivity contribution in [1.82, 2.24) is 14.8 Å². The molecule has 0 amide bonds. The van der Waals surface area contributed by atoms with Crippen LogP contribution in [0.15, 0.2) is 47.6 Å². The van der Waals surface area contributed by atoms with Crippen molar-refractivity contribution in [1.29, 1.82) is 0 Å². The molecule has 5 heteroatoms. The van der Waals surface area contributed by atoms with Gasteiger partial charge in [-0.3, -0.25) is 0 Å². The van der Waals surface area contributed by atoms with Gasteiger partial charge in [-0.05, 0) is 43.7 Å². The normalized spacial score (nSPS) is 11.0. The molecular formula is C18H18ClN3S. The molecule has 0 aliphatic rings. The Labute approximate surface area is 145 Å². The molecule has 0 spiro atoms. The first-order chi connectivity index (χ1) is 11.0. The molecule has 3 nitrogen and oxygen atoms in total. The molecule has 3 rings (SSSR count). The van der Waals surface area contributed by atoms with Gasteiger partial charge in [0.05, 0.1) is 0 Å². The van der Waals surface area contributed by atoms with E-state index in [9.17, 15) is 0 Å². The number of thioether (sulfide) groups is 1. The minimum atomic E-state index is 0.723. The highest BCUT2D eigenvalue weighted by Crippen LogP contribution is 2.26. The largest absolute Gasteiger partial charge is 0.305 e. The highest BCUT2D eigenvalue weighted by atomic mass is 35.5. The van der Waals surface area contributed by atoms with Crippen LogP contribution in [-0.4, -0.2) is 14.8 Å². The second kappa shape index (κ2) is 6.77. The number of nitrogens with zero attached hydrogens (tertiary/aromatic N) is 3. The van der Waals surface area contributed by atoms with Crippen molar-refractivity contribution in [3.63, 3.8) is 0 Å². The first-order valence-corrected chi connectivity index (χ1v) is 8.74. The average molecular weight is 344 g/mol. The van der Waals surface area contributed by atoms with E-state index in [1.54, 1.807) is 11.8 Å². The fraction of sp³-hybridized carbons (Fsp3) is 0.222. The number of halogens is 1. The van der Waals surface area contributed by atoms with E-state index in [-0.39, 0.29) is 0 Å². The van der Waals surface area contributed by atoms with Gasteiger partial charge in [-0.1, -0.05) is 52.7 Å². The zero-order valence-corrected chi connectivity index (χ0v) is 14.9. The Morgan fingerprint density at radius 1 is 1.00 bits per heavy atom. The van der Waals surface area contributed by atoms with Gasteiger partial charge < -0.3 is 4.57 Å². The third kappa shape index (κ3) is 3.77. The summed E-state index contributed by atoms with van der Waals surface area (Å²) in [5.74, 6) is 1.74. The van der Waals surface area contributed by atoms with Gasteiger partial charge in [0.1, 0.15) is 0 Å². The molecule has 0 bridgehead atoms. The van der Waals surface area contributed by atoms with Crippen LogP contribution >= 0.6 is 23.4 Å². The zero-order valence-electron chi connectivity index (χ0n) is 13.4. The van der Waals surface area contributed by atoms with Crippen LogP contribution in [0.2, 0.25) is 5.02 Å². The van der Waals surface area contributed by atoms with Gasteiger partial charge >= 0.3 is 0 Å². The molecule has 0 atom stereocenters. The van der Waals surface area contributed by atoms with Crippen molar-refractivity contribution in [3.05, 3.63) is 64.2 Å². The summed E-state index contributed by atoms with van der Waals surface area (Å²) < 4.78 is 2.02. The Hall–Kier alpha value is -1.78. The summed E-state index contributed by atoms with van der Waals surface area (Å²) in [5.41, 5.74) is 4.91. The van der Waals surface area contributed by atoms with Crippen molar-refractivity contribution in [2.75, 3.05) is 0 Å². The first-order valence-electron chi connectivity index (χ1n) is 7.38. The molecule has 118 valence electrons. The molecular weight excluding hydrogens is 326 g/mol. The fourth-order valence-corrected chi connectivity index (χ4v) is 3.56. The summed E-state index contributed by atoms with van der Waals surface area (Å²) in [7, 11) is 1.99. The van der Waals surface area contributed by atoms with E-state index in [2.05, 4.69) is 42.2 Å². The number of aryl methyl sites for hydroxylation is 2. The molecule has 0 radical (unpaired) electrons. The molecule has 0 N–H and O–H groups in total. The molecule has 3 aromatic rings. The topological polar surface area (TPSA) is 30.7 Å². The minimum absolute atomic E-state index is 0.723. The van der Waals surface area contributed by atoms with Gasteiger partial charge in [0.2, 0.25) is 0 Å². The first kappa shape index (κ1) is 16.1. The van der Waals surface area contributed by atoms with Gasteiger partial charge in [-0.25, -0.2) is 0 Å². The Morgan fingerprint density at radius 3 is 2.30 bits per heavy atom. The van der Waals surface area contributed by atoms with E-state index in [1.165, 1.54) is 16.7 Å².